The summed E-state index contributed by atoms with van der Waals surface area (Å²) in [6.07, 6.45) is 1.95. The molecular weight excluding hydrogens is 274 g/mol. The van der Waals surface area contributed by atoms with E-state index in [9.17, 15) is 20.2 Å². The zero-order chi connectivity index (χ0) is 15.0. The predicted octanol–water partition coefficient (Wildman–Crippen LogP) is 3.26. The fraction of sp³-hybridized carbons (Fsp3) is 0.286. The maximum Gasteiger partial charge on any atom is 0.300 e. The van der Waals surface area contributed by atoms with Gasteiger partial charge in [0.05, 0.1) is 21.3 Å². The minimum Gasteiger partial charge on any atom is -0.365 e. The van der Waals surface area contributed by atoms with Crippen molar-refractivity contribution in [1.82, 2.24) is 0 Å². The third-order valence-electron chi connectivity index (χ3n) is 3.79. The van der Waals surface area contributed by atoms with Crippen LogP contribution in [0.3, 0.4) is 0 Å². The van der Waals surface area contributed by atoms with Crippen LogP contribution in [-0.2, 0) is 0 Å². The summed E-state index contributed by atoms with van der Waals surface area (Å²) in [6, 6.07) is 7.88. The van der Waals surface area contributed by atoms with Gasteiger partial charge in [0.1, 0.15) is 5.69 Å². The Morgan fingerprint density at radius 1 is 0.905 bits per heavy atom. The van der Waals surface area contributed by atoms with E-state index in [1.807, 2.05) is 4.90 Å². The Morgan fingerprint density at radius 2 is 1.48 bits per heavy atom. The summed E-state index contributed by atoms with van der Waals surface area (Å²) in [4.78, 5) is 23.4. The summed E-state index contributed by atoms with van der Waals surface area (Å²) in [6.45, 7) is 1.48. The lowest BCUT2D eigenvalue weighted by atomic mass is 10.0. The smallest absolute Gasteiger partial charge is 0.300 e. The summed E-state index contributed by atoms with van der Waals surface area (Å²) >= 11 is 0. The van der Waals surface area contributed by atoms with E-state index in [1.165, 1.54) is 0 Å². The summed E-state index contributed by atoms with van der Waals surface area (Å²) < 4.78 is 0. The van der Waals surface area contributed by atoms with Crippen molar-refractivity contribution in [2.75, 3.05) is 18.0 Å². The van der Waals surface area contributed by atoms with Crippen LogP contribution in [0.2, 0.25) is 0 Å². The van der Waals surface area contributed by atoms with E-state index in [0.717, 1.165) is 32.0 Å². The fourth-order valence-electron chi connectivity index (χ4n) is 2.89. The number of nitro groups is 2. The maximum atomic E-state index is 11.4. The van der Waals surface area contributed by atoms with Crippen molar-refractivity contribution in [3.8, 4) is 0 Å². The third kappa shape index (κ3) is 2.16. The molecule has 2 aromatic rings. The predicted molar refractivity (Wildman–Crippen MR) is 78.7 cm³/mol. The van der Waals surface area contributed by atoms with Crippen LogP contribution >= 0.6 is 0 Å². The lowest BCUT2D eigenvalue weighted by molar-refractivity contribution is -0.392. The van der Waals surface area contributed by atoms with Crippen molar-refractivity contribution in [3.05, 3.63) is 50.6 Å². The second-order valence-corrected chi connectivity index (χ2v) is 5.02. The molecule has 3 rings (SSSR count). The number of benzene rings is 2. The average molecular weight is 287 g/mol. The van der Waals surface area contributed by atoms with E-state index in [4.69, 9.17) is 0 Å². The molecule has 0 atom stereocenters. The van der Waals surface area contributed by atoms with Crippen molar-refractivity contribution < 1.29 is 9.85 Å². The van der Waals surface area contributed by atoms with E-state index >= 15 is 0 Å². The van der Waals surface area contributed by atoms with Crippen LogP contribution in [0.4, 0.5) is 17.1 Å². The van der Waals surface area contributed by atoms with Crippen molar-refractivity contribution >= 4 is 27.8 Å². The largest absolute Gasteiger partial charge is 0.365 e. The van der Waals surface area contributed by atoms with Crippen LogP contribution in [-0.4, -0.2) is 22.9 Å². The molecular formula is C14H13N3O4. The average Bonchev–Trinajstić information content (AvgIpc) is 2.98. The molecule has 7 nitrogen and oxygen atoms in total. The number of anilines is 1. The van der Waals surface area contributed by atoms with Crippen molar-refractivity contribution in [2.45, 2.75) is 12.8 Å². The Labute approximate surface area is 120 Å². The first-order valence-corrected chi connectivity index (χ1v) is 6.69. The molecule has 21 heavy (non-hydrogen) atoms. The number of rotatable bonds is 3. The molecule has 0 saturated carbocycles. The van der Waals surface area contributed by atoms with E-state index in [-0.39, 0.29) is 11.4 Å². The Kier molecular flexibility index (Phi) is 3.17. The third-order valence-corrected chi connectivity index (χ3v) is 3.79. The molecule has 1 aliphatic rings. The van der Waals surface area contributed by atoms with Gasteiger partial charge in [-0.3, -0.25) is 20.2 Å². The highest BCUT2D eigenvalue weighted by Crippen LogP contribution is 2.42. The lowest BCUT2D eigenvalue weighted by Crippen LogP contribution is -2.19. The van der Waals surface area contributed by atoms with E-state index in [2.05, 4.69) is 0 Å². The van der Waals surface area contributed by atoms with Crippen LogP contribution in [0.5, 0.6) is 0 Å². The van der Waals surface area contributed by atoms with Gasteiger partial charge in [-0.15, -0.1) is 0 Å². The number of nitro benzene ring substituents is 2. The second-order valence-electron chi connectivity index (χ2n) is 5.02. The molecule has 0 radical (unpaired) electrons. The summed E-state index contributed by atoms with van der Waals surface area (Å²) in [7, 11) is 0. The Hall–Kier alpha value is -2.70. The van der Waals surface area contributed by atoms with E-state index in [1.54, 1.807) is 24.3 Å². The molecule has 1 fully saturated rings. The van der Waals surface area contributed by atoms with Crippen molar-refractivity contribution in [3.63, 3.8) is 0 Å². The standard InChI is InChI=1S/C14H13N3O4/c18-16(19)12-9-13(17(20)21)14(15-7-3-4-8-15)11-6-2-1-5-10(11)12/h1-2,5-6,9H,3-4,7-8H2. The first-order chi connectivity index (χ1) is 10.1. The monoisotopic (exact) mass is 287 g/mol. The topological polar surface area (TPSA) is 89.5 Å². The molecule has 0 amide bonds. The summed E-state index contributed by atoms with van der Waals surface area (Å²) in [5.41, 5.74) is 0.0845. The number of hydrogen-bond donors (Lipinski definition) is 0. The number of hydrogen-bond acceptors (Lipinski definition) is 5. The van der Waals surface area contributed by atoms with Gasteiger partial charge < -0.3 is 4.90 Å². The normalized spacial score (nSPS) is 14.6. The van der Waals surface area contributed by atoms with Crippen LogP contribution in [0.1, 0.15) is 12.8 Å². The number of fused-ring (bicyclic) bond motifs is 1. The maximum absolute atomic E-state index is 11.4. The number of nitrogens with zero attached hydrogens (tertiary/aromatic N) is 3. The molecule has 0 aromatic heterocycles. The van der Waals surface area contributed by atoms with Gasteiger partial charge in [-0.05, 0) is 18.9 Å². The molecule has 0 N–H and O–H groups in total. The SMILES string of the molecule is O=[N+]([O-])c1cc([N+](=O)[O-])c2ccccc2c1N1CCCC1. The van der Waals surface area contributed by atoms with Crippen LogP contribution < -0.4 is 4.90 Å². The Bertz CT molecular complexity index is 738. The van der Waals surface area contributed by atoms with Gasteiger partial charge in [0.2, 0.25) is 0 Å². The van der Waals surface area contributed by atoms with Crippen LogP contribution in [0, 0.1) is 20.2 Å². The zero-order valence-electron chi connectivity index (χ0n) is 11.2. The van der Waals surface area contributed by atoms with Gasteiger partial charge in [0.25, 0.3) is 11.4 Å². The van der Waals surface area contributed by atoms with Gasteiger partial charge in [-0.2, -0.15) is 0 Å². The van der Waals surface area contributed by atoms with Gasteiger partial charge in [-0.1, -0.05) is 18.2 Å². The lowest BCUT2D eigenvalue weighted by Gasteiger charge is -2.19. The van der Waals surface area contributed by atoms with Gasteiger partial charge in [0, 0.05) is 18.5 Å². The first-order valence-electron chi connectivity index (χ1n) is 6.69. The van der Waals surface area contributed by atoms with Crippen molar-refractivity contribution in [1.29, 1.82) is 0 Å². The number of non-ortho nitro benzene ring substituents is 1. The molecule has 7 heteroatoms. The van der Waals surface area contributed by atoms with Crippen LogP contribution in [0.25, 0.3) is 10.8 Å². The summed E-state index contributed by atoms with van der Waals surface area (Å²) in [5, 5.41) is 23.6. The molecule has 108 valence electrons. The molecule has 0 unspecified atom stereocenters. The zero-order valence-corrected chi connectivity index (χ0v) is 11.2. The minimum atomic E-state index is -0.566. The highest BCUT2D eigenvalue weighted by Gasteiger charge is 2.29. The van der Waals surface area contributed by atoms with Gasteiger partial charge in [0.15, 0.2) is 0 Å². The molecule has 2 aromatic carbocycles. The minimum absolute atomic E-state index is 0.192. The van der Waals surface area contributed by atoms with Crippen LogP contribution in [0.15, 0.2) is 30.3 Å². The quantitative estimate of drug-likeness (QED) is 0.638. The van der Waals surface area contributed by atoms with E-state index < -0.39 is 9.85 Å². The molecule has 0 aliphatic carbocycles. The highest BCUT2D eigenvalue weighted by molar-refractivity contribution is 6.04. The molecule has 1 heterocycles. The Morgan fingerprint density at radius 3 is 2.05 bits per heavy atom. The second kappa shape index (κ2) is 5.01. The molecule has 0 bridgehead atoms. The molecule has 0 spiro atoms. The van der Waals surface area contributed by atoms with Gasteiger partial charge in [-0.25, -0.2) is 0 Å². The van der Waals surface area contributed by atoms with Crippen molar-refractivity contribution in [2.24, 2.45) is 0 Å². The molecule has 1 aliphatic heterocycles. The fourth-order valence-corrected chi connectivity index (χ4v) is 2.89. The summed E-state index contributed by atoms with van der Waals surface area (Å²) in [5.74, 6) is 0. The highest BCUT2D eigenvalue weighted by atomic mass is 16.6. The van der Waals surface area contributed by atoms with Gasteiger partial charge >= 0.3 is 0 Å². The molecule has 1 saturated heterocycles. The van der Waals surface area contributed by atoms with E-state index in [0.29, 0.717) is 16.5 Å². The first kappa shape index (κ1) is 13.3. The Balaban J connectivity index is 2.37.